The zero-order valence-corrected chi connectivity index (χ0v) is 13.4. The number of carboxylic acid groups (broad SMARTS) is 2. The molecule has 0 atom stereocenters. The van der Waals surface area contributed by atoms with Crippen LogP contribution < -0.4 is 10.2 Å². The van der Waals surface area contributed by atoms with Crippen molar-refractivity contribution in [2.75, 3.05) is 0 Å². The van der Waals surface area contributed by atoms with Gasteiger partial charge in [0.15, 0.2) is 0 Å². The summed E-state index contributed by atoms with van der Waals surface area (Å²) in [7, 11) is 0. The van der Waals surface area contributed by atoms with Crippen LogP contribution in [0.5, 0.6) is 0 Å². The van der Waals surface area contributed by atoms with Crippen molar-refractivity contribution in [1.82, 2.24) is 0 Å². The van der Waals surface area contributed by atoms with Crippen LogP contribution in [0.4, 0.5) is 4.79 Å². The van der Waals surface area contributed by atoms with E-state index in [9.17, 15) is 0 Å². The largest absolute Gasteiger partial charge is 2.00 e. The van der Waals surface area contributed by atoms with Gasteiger partial charge in [-0.1, -0.05) is 0 Å². The third kappa shape index (κ3) is 33.4. The van der Waals surface area contributed by atoms with Gasteiger partial charge in [0.1, 0.15) is 0 Å². The Morgan fingerprint density at radius 3 is 1.33 bits per heavy atom. The summed E-state index contributed by atoms with van der Waals surface area (Å²) >= 11 is 0. The average molecular weight is 423 g/mol. The van der Waals surface area contributed by atoms with Gasteiger partial charge in [0.2, 0.25) is 0 Å². The average Bonchev–Trinajstić information content (AvgIpc) is 0.811. The van der Waals surface area contributed by atoms with Crippen LogP contribution in [0.2, 0.25) is 0 Å². The van der Waals surface area contributed by atoms with Crippen molar-refractivity contribution in [1.29, 1.82) is 0 Å². The molecule has 0 heterocycles. The van der Waals surface area contributed by atoms with E-state index in [4.69, 9.17) is 15.0 Å². The van der Waals surface area contributed by atoms with Crippen molar-refractivity contribution in [3.8, 4) is 0 Å². The van der Waals surface area contributed by atoms with E-state index in [0.29, 0.717) is 0 Å². The molecule has 26 valence electrons. The van der Waals surface area contributed by atoms with Gasteiger partial charge >= 0.3 is 48.9 Å². The Balaban J connectivity index is -0.0000000450. The monoisotopic (exact) mass is 424 g/mol. The van der Waals surface area contributed by atoms with Crippen LogP contribution in [0.15, 0.2) is 0 Å². The molecule has 0 aliphatic rings. The molecule has 5 heteroatoms. The van der Waals surface area contributed by atoms with Crippen molar-refractivity contribution in [3.63, 3.8) is 0 Å². The number of carbonyl (C=O) groups excluding carboxylic acids is 1. The maximum absolute atomic E-state index is 8.33. The maximum atomic E-state index is 8.33. The van der Waals surface area contributed by atoms with E-state index < -0.39 is 6.16 Å². The third-order valence-corrected chi connectivity index (χ3v) is 0. The Hall–Kier alpha value is 2.31. The van der Waals surface area contributed by atoms with Gasteiger partial charge < -0.3 is 15.0 Å². The fourth-order valence-electron chi connectivity index (χ4n) is 0. The van der Waals surface area contributed by atoms with Gasteiger partial charge in [-0.25, -0.2) is 0 Å². The van der Waals surface area contributed by atoms with E-state index in [1.165, 1.54) is 0 Å². The van der Waals surface area contributed by atoms with Crippen LogP contribution in [0.25, 0.3) is 0 Å². The van der Waals surface area contributed by atoms with E-state index in [1.54, 1.807) is 0 Å². The summed E-state index contributed by atoms with van der Waals surface area (Å²) in [6.45, 7) is 0. The Morgan fingerprint density at radius 2 is 1.33 bits per heavy atom. The van der Waals surface area contributed by atoms with Gasteiger partial charge in [0, 0.05) is 45.0 Å². The van der Waals surface area contributed by atoms with Crippen molar-refractivity contribution in [2.24, 2.45) is 0 Å². The minimum Gasteiger partial charge on any atom is -0.652 e. The van der Waals surface area contributed by atoms with Gasteiger partial charge in [-0.05, 0) is 6.16 Å². The molecule has 0 unspecified atom stereocenters. The summed E-state index contributed by atoms with van der Waals surface area (Å²) in [5.74, 6) is 0. The van der Waals surface area contributed by atoms with Crippen molar-refractivity contribution < 1.29 is 60.0 Å². The van der Waals surface area contributed by atoms with Crippen molar-refractivity contribution >= 4 is 55.0 Å². The number of hydrogen-bond acceptors (Lipinski definition) is 3. The fraction of sp³-hybridized carbons (Fsp3) is 0. The summed E-state index contributed by atoms with van der Waals surface area (Å²) in [6, 6.07) is 0. The summed E-state index contributed by atoms with van der Waals surface area (Å²) in [5, 5.41) is 16.7. The second kappa shape index (κ2) is 10.3. The molecule has 2 radical (unpaired) electrons. The quantitative estimate of drug-likeness (QED) is 0.395. The number of carbonyl (C=O) groups is 1. The molecular formula is CBaO3Ra. The van der Waals surface area contributed by atoms with Crippen LogP contribution in [0, 0.1) is 45.0 Å². The predicted octanol–water partition coefficient (Wildman–Crippen LogP) is -2.83. The van der Waals surface area contributed by atoms with Crippen molar-refractivity contribution in [3.05, 3.63) is 0 Å². The van der Waals surface area contributed by atoms with Crippen molar-refractivity contribution in [2.45, 2.75) is 0 Å². The van der Waals surface area contributed by atoms with Crippen LogP contribution in [-0.4, -0.2) is 55.0 Å². The van der Waals surface area contributed by atoms with Gasteiger partial charge in [0.05, 0.1) is 0 Å². The third-order valence-electron chi connectivity index (χ3n) is 0. The predicted molar refractivity (Wildman–Crippen MR) is 11.1 cm³/mol. The standard InChI is InChI=1S/CH2O3.Ba.Ra/c2-1(3)4;;/h(H2,2,3,4);;/q;+2;/p-2. The molecule has 0 rings (SSSR count). The van der Waals surface area contributed by atoms with Crippen LogP contribution >= 0.6 is 0 Å². The molecule has 6 heavy (non-hydrogen) atoms. The van der Waals surface area contributed by atoms with Crippen LogP contribution in [0.3, 0.4) is 0 Å². The van der Waals surface area contributed by atoms with E-state index in [-0.39, 0.29) is 93.9 Å². The van der Waals surface area contributed by atoms with Gasteiger partial charge in [-0.15, -0.1) is 0 Å². The van der Waals surface area contributed by atoms with Gasteiger partial charge in [-0.3, -0.25) is 0 Å². The molecule has 0 fully saturated rings. The second-order valence-corrected chi connectivity index (χ2v) is 0.250. The summed E-state index contributed by atoms with van der Waals surface area (Å²) in [4.78, 5) is 8.33. The Morgan fingerprint density at radius 1 is 1.33 bits per heavy atom. The first-order valence-electron chi connectivity index (χ1n) is 0.612. The van der Waals surface area contributed by atoms with Crippen LogP contribution in [0.1, 0.15) is 0 Å². The Labute approximate surface area is 112 Å². The zero-order valence-electron chi connectivity index (χ0n) is 3.14. The second-order valence-electron chi connectivity index (χ2n) is 0.250. The first kappa shape index (κ1) is 15.7. The topological polar surface area (TPSA) is 63.2 Å². The molecule has 0 saturated heterocycles. The smallest absolute Gasteiger partial charge is 0.652 e. The molecular weight excluding hydrogens is 423 g/mol. The molecule has 0 saturated carbocycles. The maximum Gasteiger partial charge on any atom is 2.00 e. The molecule has 0 bridgehead atoms. The first-order chi connectivity index (χ1) is 1.73. The van der Waals surface area contributed by atoms with E-state index >= 15 is 0 Å². The number of hydrogen-bond donors (Lipinski definition) is 0. The number of rotatable bonds is 0. The minimum atomic E-state index is -2.33. The molecule has 0 aromatic carbocycles. The van der Waals surface area contributed by atoms with E-state index in [1.807, 2.05) is 0 Å². The normalized spacial score (nSPS) is 4.00. The molecule has 0 aliphatic heterocycles. The minimum absolute atomic E-state index is 0. The Bertz CT molecular complexity index is 33.8. The summed E-state index contributed by atoms with van der Waals surface area (Å²) < 4.78 is 0. The van der Waals surface area contributed by atoms with Gasteiger partial charge in [-0.2, -0.15) is 0 Å². The first-order valence-corrected chi connectivity index (χ1v) is 0.612. The zero-order chi connectivity index (χ0) is 3.58. The van der Waals surface area contributed by atoms with E-state index in [2.05, 4.69) is 0 Å². The molecule has 0 aliphatic carbocycles. The fourth-order valence-corrected chi connectivity index (χ4v) is 0. The molecule has 0 spiro atoms. The molecule has 0 aromatic heterocycles. The summed E-state index contributed by atoms with van der Waals surface area (Å²) in [6.07, 6.45) is -2.33. The van der Waals surface area contributed by atoms with Gasteiger partial charge in [0.25, 0.3) is 0 Å². The van der Waals surface area contributed by atoms with E-state index in [0.717, 1.165) is 0 Å². The Kier molecular flexibility index (Phi) is 27.1. The summed E-state index contributed by atoms with van der Waals surface area (Å²) in [5.41, 5.74) is 0. The molecule has 3 nitrogen and oxygen atoms in total. The molecule has 0 aromatic rings. The molecule has 0 amide bonds. The van der Waals surface area contributed by atoms with Crippen LogP contribution in [-0.2, 0) is 0 Å². The SMILES string of the molecule is O=C([O-])[O-].[Ba+2].[Ra]. The molecule has 0 N–H and O–H groups in total.